The number of ether oxygens (including phenoxy) is 2. The van der Waals surface area contributed by atoms with Crippen molar-refractivity contribution in [1.82, 2.24) is 5.32 Å². The fourth-order valence-corrected chi connectivity index (χ4v) is 2.59. The van der Waals surface area contributed by atoms with Crippen molar-refractivity contribution < 1.29 is 14.3 Å². The van der Waals surface area contributed by atoms with Gasteiger partial charge in [0.05, 0.1) is 14.2 Å². The van der Waals surface area contributed by atoms with Gasteiger partial charge in [0.25, 0.3) is 0 Å². The van der Waals surface area contributed by atoms with Crippen LogP contribution in [0.25, 0.3) is 0 Å². The number of nitrogens with one attached hydrogen (secondary N) is 1. The highest BCUT2D eigenvalue weighted by atomic mass is 35.5. The Morgan fingerprint density at radius 1 is 1.08 bits per heavy atom. The number of carbonyl (C=O) groups is 1. The average Bonchev–Trinajstić information content (AvgIpc) is 2.65. The van der Waals surface area contributed by atoms with Gasteiger partial charge in [0.1, 0.15) is 6.04 Å². The molecule has 0 saturated carbocycles. The maximum atomic E-state index is 12.4. The number of hydrogen-bond donors (Lipinski definition) is 2. The second kappa shape index (κ2) is 9.46. The maximum Gasteiger partial charge on any atom is 0.241 e. The van der Waals surface area contributed by atoms with Gasteiger partial charge in [-0.05, 0) is 23.3 Å². The van der Waals surface area contributed by atoms with Crippen molar-refractivity contribution in [2.75, 3.05) is 20.8 Å². The molecule has 0 heterocycles. The van der Waals surface area contributed by atoms with Crippen LogP contribution in [0.3, 0.4) is 0 Å². The molecule has 1 unspecified atom stereocenters. The van der Waals surface area contributed by atoms with Crippen LogP contribution >= 0.6 is 12.4 Å². The highest BCUT2D eigenvalue weighted by Crippen LogP contribution is 2.32. The summed E-state index contributed by atoms with van der Waals surface area (Å²) in [5, 5.41) is 2.95. The van der Waals surface area contributed by atoms with Crippen molar-refractivity contribution >= 4 is 18.3 Å². The van der Waals surface area contributed by atoms with Gasteiger partial charge in [-0.3, -0.25) is 4.79 Å². The molecular weight excluding hydrogens is 352 g/mol. The van der Waals surface area contributed by atoms with E-state index in [1.165, 1.54) is 0 Å². The molecule has 0 aliphatic carbocycles. The van der Waals surface area contributed by atoms with Gasteiger partial charge in [0.15, 0.2) is 11.5 Å². The van der Waals surface area contributed by atoms with Crippen molar-refractivity contribution in [2.24, 2.45) is 5.73 Å². The Labute approximate surface area is 161 Å². The van der Waals surface area contributed by atoms with Crippen LogP contribution < -0.4 is 20.5 Å². The molecule has 0 spiro atoms. The largest absolute Gasteiger partial charge is 0.493 e. The summed E-state index contributed by atoms with van der Waals surface area (Å²) in [5.74, 6) is 1.15. The molecule has 2 aromatic carbocycles. The maximum absolute atomic E-state index is 12.4. The smallest absolute Gasteiger partial charge is 0.241 e. The quantitative estimate of drug-likeness (QED) is 0.775. The topological polar surface area (TPSA) is 73.6 Å². The minimum Gasteiger partial charge on any atom is -0.493 e. The third kappa shape index (κ3) is 5.13. The van der Waals surface area contributed by atoms with Crippen LogP contribution in [-0.4, -0.2) is 26.7 Å². The van der Waals surface area contributed by atoms with Gasteiger partial charge in [-0.1, -0.05) is 50.2 Å². The Bertz CT molecular complexity index is 720. The number of nitrogens with two attached hydrogens (primary N) is 1. The fourth-order valence-electron chi connectivity index (χ4n) is 2.59. The fraction of sp³-hybridized carbons (Fsp3) is 0.350. The average molecular weight is 379 g/mol. The second-order valence-electron chi connectivity index (χ2n) is 6.56. The minimum absolute atomic E-state index is 0. The van der Waals surface area contributed by atoms with Crippen molar-refractivity contribution in [3.63, 3.8) is 0 Å². The summed E-state index contributed by atoms with van der Waals surface area (Å²) < 4.78 is 10.6. The molecule has 3 N–H and O–H groups in total. The van der Waals surface area contributed by atoms with Crippen LogP contribution in [0.5, 0.6) is 11.5 Å². The second-order valence-corrected chi connectivity index (χ2v) is 6.56. The molecule has 0 saturated heterocycles. The number of rotatable bonds is 7. The molecule has 0 bridgehead atoms. The van der Waals surface area contributed by atoms with Gasteiger partial charge < -0.3 is 20.5 Å². The Balaban J connectivity index is 0.00000338. The van der Waals surface area contributed by atoms with Gasteiger partial charge >= 0.3 is 0 Å². The molecule has 0 aliphatic rings. The summed E-state index contributed by atoms with van der Waals surface area (Å²) in [6, 6.07) is 14.4. The van der Waals surface area contributed by atoms with Gasteiger partial charge in [-0.25, -0.2) is 0 Å². The number of amides is 1. The lowest BCUT2D eigenvalue weighted by Gasteiger charge is -2.27. The molecule has 2 rings (SSSR count). The molecule has 0 aliphatic heterocycles. The number of methoxy groups -OCH3 is 2. The van der Waals surface area contributed by atoms with E-state index in [0.29, 0.717) is 18.0 Å². The predicted octanol–water partition coefficient (Wildman–Crippen LogP) is 3.22. The van der Waals surface area contributed by atoms with Crippen LogP contribution in [0.1, 0.15) is 31.0 Å². The molecule has 6 heteroatoms. The first kappa shape index (κ1) is 21.8. The zero-order valence-electron chi connectivity index (χ0n) is 15.6. The van der Waals surface area contributed by atoms with Crippen LogP contribution in [0.4, 0.5) is 0 Å². The molecule has 0 fully saturated rings. The number of halogens is 1. The first-order valence-electron chi connectivity index (χ1n) is 8.20. The Hall–Kier alpha value is -2.24. The molecule has 142 valence electrons. The van der Waals surface area contributed by atoms with Gasteiger partial charge in [0, 0.05) is 12.0 Å². The van der Waals surface area contributed by atoms with E-state index in [-0.39, 0.29) is 23.7 Å². The molecule has 1 atom stereocenters. The molecule has 1 amide bonds. The number of hydrogen-bond acceptors (Lipinski definition) is 4. The van der Waals surface area contributed by atoms with Crippen molar-refractivity contribution in [2.45, 2.75) is 25.3 Å². The molecular formula is C20H27ClN2O3. The molecule has 2 aromatic rings. The van der Waals surface area contributed by atoms with E-state index < -0.39 is 6.04 Å². The van der Waals surface area contributed by atoms with Crippen LogP contribution in [0, 0.1) is 0 Å². The third-order valence-electron chi connectivity index (χ3n) is 4.31. The Morgan fingerprint density at radius 2 is 1.69 bits per heavy atom. The van der Waals surface area contributed by atoms with E-state index in [0.717, 1.165) is 11.1 Å². The lowest BCUT2D eigenvalue weighted by Crippen LogP contribution is -2.41. The normalized spacial score (nSPS) is 11.9. The third-order valence-corrected chi connectivity index (χ3v) is 4.31. The number of benzene rings is 2. The first-order chi connectivity index (χ1) is 11.9. The summed E-state index contributed by atoms with van der Waals surface area (Å²) in [6.45, 7) is 4.58. The van der Waals surface area contributed by atoms with Crippen LogP contribution in [0.15, 0.2) is 48.5 Å². The van der Waals surface area contributed by atoms with Crippen LogP contribution in [0.2, 0.25) is 0 Å². The lowest BCUT2D eigenvalue weighted by molar-refractivity contribution is -0.122. The van der Waals surface area contributed by atoms with Gasteiger partial charge in [0.2, 0.25) is 5.91 Å². The van der Waals surface area contributed by atoms with Crippen LogP contribution in [-0.2, 0) is 10.2 Å². The van der Waals surface area contributed by atoms with E-state index >= 15 is 0 Å². The van der Waals surface area contributed by atoms with Crippen molar-refractivity contribution in [3.05, 3.63) is 59.7 Å². The van der Waals surface area contributed by atoms with E-state index in [1.54, 1.807) is 14.2 Å². The van der Waals surface area contributed by atoms with Gasteiger partial charge in [-0.2, -0.15) is 0 Å². The summed E-state index contributed by atoms with van der Waals surface area (Å²) in [7, 11) is 3.21. The molecule has 0 aromatic heterocycles. The predicted molar refractivity (Wildman–Crippen MR) is 106 cm³/mol. The minimum atomic E-state index is -0.678. The lowest BCUT2D eigenvalue weighted by atomic mass is 9.84. The van der Waals surface area contributed by atoms with Crippen molar-refractivity contribution in [1.29, 1.82) is 0 Å². The molecule has 5 nitrogen and oxygen atoms in total. The first-order valence-corrected chi connectivity index (χ1v) is 8.20. The van der Waals surface area contributed by atoms with Crippen molar-refractivity contribution in [3.8, 4) is 11.5 Å². The zero-order valence-corrected chi connectivity index (χ0v) is 16.4. The van der Waals surface area contributed by atoms with E-state index in [2.05, 4.69) is 19.2 Å². The summed E-state index contributed by atoms with van der Waals surface area (Å²) in [6.07, 6.45) is 0. The highest BCUT2D eigenvalue weighted by molar-refractivity contribution is 5.85. The van der Waals surface area contributed by atoms with Gasteiger partial charge in [-0.15, -0.1) is 12.4 Å². The molecule has 26 heavy (non-hydrogen) atoms. The number of carbonyl (C=O) groups excluding carboxylic acids is 1. The van der Waals surface area contributed by atoms with E-state index in [4.69, 9.17) is 15.2 Å². The summed E-state index contributed by atoms with van der Waals surface area (Å²) in [4.78, 5) is 12.4. The van der Waals surface area contributed by atoms with E-state index in [9.17, 15) is 4.79 Å². The zero-order chi connectivity index (χ0) is 18.4. The SMILES string of the molecule is COc1ccc(C(C)(C)CNC(=O)C(N)c2ccccc2)cc1OC.Cl. The standard InChI is InChI=1S/C20H26N2O3.ClH/c1-20(2,15-10-11-16(24-3)17(12-15)25-4)13-22-19(23)18(21)14-8-6-5-7-9-14;/h5-12,18H,13,21H2,1-4H3,(H,22,23);1H. The summed E-state index contributed by atoms with van der Waals surface area (Å²) in [5.41, 5.74) is 7.59. The Kier molecular flexibility index (Phi) is 7.93. The Morgan fingerprint density at radius 3 is 2.27 bits per heavy atom. The highest BCUT2D eigenvalue weighted by Gasteiger charge is 2.24. The summed E-state index contributed by atoms with van der Waals surface area (Å²) >= 11 is 0. The monoisotopic (exact) mass is 378 g/mol. The molecule has 0 radical (unpaired) electrons. The van der Waals surface area contributed by atoms with E-state index in [1.807, 2.05) is 48.5 Å².